The number of anilines is 1. The molecule has 140 valence electrons. The molecule has 2 aliphatic rings. The molecule has 2 amide bonds. The number of nitrogens with one attached hydrogen (secondary N) is 1. The average Bonchev–Trinajstić information content (AvgIpc) is 2.95. The first kappa shape index (κ1) is 17.5. The van der Waals surface area contributed by atoms with Crippen molar-refractivity contribution in [1.82, 2.24) is 10.3 Å². The third-order valence-corrected chi connectivity index (χ3v) is 5.13. The molecule has 1 saturated carbocycles. The van der Waals surface area contributed by atoms with Crippen molar-refractivity contribution in [2.45, 2.75) is 44.1 Å². The lowest BCUT2D eigenvalue weighted by atomic mass is 10.1. The zero-order valence-electron chi connectivity index (χ0n) is 14.9. The fourth-order valence-electron chi connectivity index (χ4n) is 3.97. The minimum atomic E-state index is -0.909. The largest absolute Gasteiger partial charge is 0.486 e. The number of nitrogens with zero attached hydrogens (tertiary/aromatic N) is 2. The molecule has 1 aromatic heterocycles. The van der Waals surface area contributed by atoms with Gasteiger partial charge in [-0.15, -0.1) is 0 Å². The van der Waals surface area contributed by atoms with Crippen LogP contribution in [-0.4, -0.2) is 46.2 Å². The molecule has 27 heavy (non-hydrogen) atoms. The average molecular weight is 367 g/mol. The van der Waals surface area contributed by atoms with Crippen LogP contribution in [-0.2, 0) is 16.0 Å². The zero-order valence-corrected chi connectivity index (χ0v) is 14.9. The van der Waals surface area contributed by atoms with E-state index in [1.165, 1.54) is 6.92 Å². The van der Waals surface area contributed by atoms with Crippen molar-refractivity contribution < 1.29 is 19.4 Å². The number of ether oxygens (including phenoxy) is 1. The summed E-state index contributed by atoms with van der Waals surface area (Å²) in [6.45, 7) is 1.47. The van der Waals surface area contributed by atoms with Crippen molar-refractivity contribution in [2.24, 2.45) is 0 Å². The smallest absolute Gasteiger partial charge is 0.224 e. The second-order valence-electron chi connectivity index (χ2n) is 6.94. The highest BCUT2D eigenvalue weighted by Gasteiger charge is 2.51. The van der Waals surface area contributed by atoms with Crippen molar-refractivity contribution in [1.29, 1.82) is 0 Å². The molecule has 0 radical (unpaired) electrons. The number of aliphatic hydroxyl groups is 1. The number of hydrogen-bond acceptors (Lipinski definition) is 5. The molecule has 0 unspecified atom stereocenters. The Bertz CT molecular complexity index is 857. The molecule has 0 spiro atoms. The number of rotatable bonds is 3. The molecule has 4 atom stereocenters. The molecule has 1 aromatic carbocycles. The third-order valence-electron chi connectivity index (χ3n) is 5.13. The van der Waals surface area contributed by atoms with Crippen LogP contribution < -0.4 is 15.0 Å². The first-order valence-corrected chi connectivity index (χ1v) is 8.96. The van der Waals surface area contributed by atoms with Gasteiger partial charge in [-0.25, -0.2) is 0 Å². The van der Waals surface area contributed by atoms with Crippen LogP contribution >= 0.6 is 0 Å². The maximum atomic E-state index is 12.4. The van der Waals surface area contributed by atoms with Crippen molar-refractivity contribution in [2.75, 3.05) is 4.90 Å². The highest BCUT2D eigenvalue weighted by molar-refractivity contribution is 5.94. The quantitative estimate of drug-likeness (QED) is 0.846. The Morgan fingerprint density at radius 2 is 2.00 bits per heavy atom. The molecule has 7 nitrogen and oxygen atoms in total. The van der Waals surface area contributed by atoms with E-state index in [1.54, 1.807) is 35.5 Å². The Hall–Kier alpha value is -2.93. The third kappa shape index (κ3) is 3.26. The van der Waals surface area contributed by atoms with Gasteiger partial charge in [0, 0.05) is 25.7 Å². The second-order valence-corrected chi connectivity index (χ2v) is 6.94. The molecular formula is C20H21N3O4. The number of aromatic nitrogens is 1. The number of benzene rings is 1. The normalized spacial score (nSPS) is 25.9. The van der Waals surface area contributed by atoms with Gasteiger partial charge in [-0.05, 0) is 29.8 Å². The minimum absolute atomic E-state index is 0.163. The van der Waals surface area contributed by atoms with Gasteiger partial charge >= 0.3 is 0 Å². The molecule has 7 heteroatoms. The number of carbonyl (C=O) groups excluding carboxylic acids is 2. The number of fused-ring (bicyclic) bond motifs is 2. The first-order chi connectivity index (χ1) is 13.0. The summed E-state index contributed by atoms with van der Waals surface area (Å²) in [5.74, 6) is 0.268. The Labute approximate surface area is 157 Å². The summed E-state index contributed by atoms with van der Waals surface area (Å²) in [7, 11) is 0. The highest BCUT2D eigenvalue weighted by Crippen LogP contribution is 2.41. The van der Waals surface area contributed by atoms with E-state index in [0.717, 1.165) is 5.56 Å². The first-order valence-electron chi connectivity index (χ1n) is 8.96. The summed E-state index contributed by atoms with van der Waals surface area (Å²) in [6, 6.07) is 9.83. The van der Waals surface area contributed by atoms with Gasteiger partial charge in [0.25, 0.3) is 0 Å². The van der Waals surface area contributed by atoms with E-state index in [0.29, 0.717) is 17.9 Å². The molecule has 1 aliphatic heterocycles. The summed E-state index contributed by atoms with van der Waals surface area (Å²) in [5, 5.41) is 13.7. The maximum absolute atomic E-state index is 12.4. The second kappa shape index (κ2) is 7.00. The van der Waals surface area contributed by atoms with E-state index in [2.05, 4.69) is 10.3 Å². The summed E-state index contributed by atoms with van der Waals surface area (Å²) < 4.78 is 6.02. The van der Waals surface area contributed by atoms with E-state index in [1.807, 2.05) is 18.2 Å². The fourth-order valence-corrected chi connectivity index (χ4v) is 3.97. The lowest BCUT2D eigenvalue weighted by molar-refractivity contribution is -0.121. The summed E-state index contributed by atoms with van der Waals surface area (Å²) in [5.41, 5.74) is 1.50. The van der Waals surface area contributed by atoms with Crippen molar-refractivity contribution in [3.63, 3.8) is 0 Å². The molecule has 0 saturated heterocycles. The van der Waals surface area contributed by atoms with Crippen molar-refractivity contribution >= 4 is 17.5 Å². The van der Waals surface area contributed by atoms with Gasteiger partial charge in [0.1, 0.15) is 17.9 Å². The van der Waals surface area contributed by atoms with Crippen LogP contribution in [0.4, 0.5) is 5.69 Å². The monoisotopic (exact) mass is 367 g/mol. The van der Waals surface area contributed by atoms with Gasteiger partial charge in [0.05, 0.1) is 24.3 Å². The zero-order chi connectivity index (χ0) is 19.0. The van der Waals surface area contributed by atoms with E-state index in [-0.39, 0.29) is 24.3 Å². The van der Waals surface area contributed by atoms with Crippen LogP contribution in [0.1, 0.15) is 18.9 Å². The van der Waals surface area contributed by atoms with Gasteiger partial charge in [0.15, 0.2) is 0 Å². The predicted octanol–water partition coefficient (Wildman–Crippen LogP) is 1.06. The fraction of sp³-hybridized carbons (Fsp3) is 0.350. The molecule has 0 bridgehead atoms. The number of para-hydroxylation sites is 2. The topological polar surface area (TPSA) is 91.8 Å². The van der Waals surface area contributed by atoms with Crippen LogP contribution in [0.15, 0.2) is 48.8 Å². The Morgan fingerprint density at radius 3 is 2.74 bits per heavy atom. The number of carbonyl (C=O) groups is 2. The summed E-state index contributed by atoms with van der Waals surface area (Å²) >= 11 is 0. The molecule has 1 aliphatic carbocycles. The van der Waals surface area contributed by atoms with Crippen LogP contribution in [0.3, 0.4) is 0 Å². The van der Waals surface area contributed by atoms with Gasteiger partial charge < -0.3 is 15.2 Å². The Balaban J connectivity index is 1.51. The number of aliphatic hydroxyl groups excluding tert-OH is 1. The maximum Gasteiger partial charge on any atom is 0.224 e. The van der Waals surface area contributed by atoms with Crippen LogP contribution in [0.25, 0.3) is 0 Å². The van der Waals surface area contributed by atoms with Gasteiger partial charge in [-0.2, -0.15) is 0 Å². The van der Waals surface area contributed by atoms with E-state index in [4.69, 9.17) is 4.74 Å². The lowest BCUT2D eigenvalue weighted by Crippen LogP contribution is -2.55. The molecule has 2 N–H and O–H groups in total. The Morgan fingerprint density at radius 1 is 1.26 bits per heavy atom. The van der Waals surface area contributed by atoms with Crippen molar-refractivity contribution in [3.05, 3.63) is 54.4 Å². The number of amides is 2. The predicted molar refractivity (Wildman–Crippen MR) is 98.3 cm³/mol. The Kier molecular flexibility index (Phi) is 4.53. The molecule has 2 aromatic rings. The van der Waals surface area contributed by atoms with Crippen molar-refractivity contribution in [3.8, 4) is 5.75 Å². The van der Waals surface area contributed by atoms with Gasteiger partial charge in [0.2, 0.25) is 11.8 Å². The highest BCUT2D eigenvalue weighted by atomic mass is 16.5. The summed E-state index contributed by atoms with van der Waals surface area (Å²) in [6.07, 6.45) is 2.64. The van der Waals surface area contributed by atoms with Crippen LogP contribution in [0, 0.1) is 0 Å². The molecule has 2 heterocycles. The standard InChI is InChI=1S/C20H21N3O4/c1-12(24)23-15-4-2-3-5-16(15)27-17-11-14(20(26)19(17)23)22-18(25)10-13-6-8-21-9-7-13/h2-9,14,17,19-20,26H,10-11H2,1H3,(H,22,25)/t14-,17-,19-,20-/m1/s1. The number of hydrogen-bond donors (Lipinski definition) is 2. The van der Waals surface area contributed by atoms with E-state index >= 15 is 0 Å². The molecular weight excluding hydrogens is 346 g/mol. The van der Waals surface area contributed by atoms with E-state index < -0.39 is 18.2 Å². The minimum Gasteiger partial charge on any atom is -0.486 e. The van der Waals surface area contributed by atoms with Gasteiger partial charge in [-0.1, -0.05) is 12.1 Å². The molecule has 1 fully saturated rings. The number of pyridine rings is 1. The van der Waals surface area contributed by atoms with Crippen LogP contribution in [0.2, 0.25) is 0 Å². The molecule has 4 rings (SSSR count). The van der Waals surface area contributed by atoms with Gasteiger partial charge in [-0.3, -0.25) is 19.5 Å². The van der Waals surface area contributed by atoms with Crippen LogP contribution in [0.5, 0.6) is 5.75 Å². The summed E-state index contributed by atoms with van der Waals surface area (Å²) in [4.78, 5) is 30.2. The lowest BCUT2D eigenvalue weighted by Gasteiger charge is -2.39. The van der Waals surface area contributed by atoms with E-state index in [9.17, 15) is 14.7 Å². The SMILES string of the molecule is CC(=O)N1c2ccccc2O[C@@H]2C[C@@H](NC(=O)Cc3ccncc3)[C@@H](O)[C@@H]21.